The quantitative estimate of drug-likeness (QED) is 0.835. The first-order valence-corrected chi connectivity index (χ1v) is 9.13. The second kappa shape index (κ2) is 7.05. The summed E-state index contributed by atoms with van der Waals surface area (Å²) < 4.78 is 30.0. The summed E-state index contributed by atoms with van der Waals surface area (Å²) in [5.41, 5.74) is 1.91. The van der Waals surface area contributed by atoms with E-state index in [0.717, 1.165) is 11.1 Å². The van der Waals surface area contributed by atoms with Crippen LogP contribution < -0.4 is 0 Å². The summed E-state index contributed by atoms with van der Waals surface area (Å²) in [5.74, 6) is 0.600. The van der Waals surface area contributed by atoms with Gasteiger partial charge in [0, 0.05) is 18.2 Å². The van der Waals surface area contributed by atoms with Gasteiger partial charge >= 0.3 is 0 Å². The molecule has 2 saturated heterocycles. The molecule has 0 N–H and O–H groups in total. The smallest absolute Gasteiger partial charge is 0.217 e. The zero-order chi connectivity index (χ0) is 18.2. The number of hydrogen-bond donors (Lipinski definition) is 0. The third-order valence-corrected chi connectivity index (χ3v) is 5.15. The Kier molecular flexibility index (Phi) is 4.41. The van der Waals surface area contributed by atoms with Crippen LogP contribution in [0.25, 0.3) is 0 Å². The van der Waals surface area contributed by atoms with E-state index < -0.39 is 12.6 Å². The van der Waals surface area contributed by atoms with Crippen molar-refractivity contribution in [2.45, 2.75) is 36.9 Å². The van der Waals surface area contributed by atoms with E-state index in [2.05, 4.69) is 0 Å². The topological polar surface area (TPSA) is 58.5 Å². The second-order valence-corrected chi connectivity index (χ2v) is 6.83. The molecule has 140 valence electrons. The zero-order valence-electron chi connectivity index (χ0n) is 14.9. The number of rotatable bonds is 3. The predicted octanol–water partition coefficient (Wildman–Crippen LogP) is 2.69. The lowest BCUT2D eigenvalue weighted by atomic mass is 9.96. The molecule has 3 aliphatic rings. The SMILES string of the molecule is CO[C@@H]1O[C@H]2CO[C@H](c3ccccc3)O[C@@H]2[C@@H]2OC(c3ccccc3)=N[C@H]12. The molecule has 0 bridgehead atoms. The van der Waals surface area contributed by atoms with Crippen molar-refractivity contribution in [2.75, 3.05) is 13.7 Å². The predicted molar refractivity (Wildman–Crippen MR) is 97.3 cm³/mol. The molecule has 27 heavy (non-hydrogen) atoms. The molecule has 2 fully saturated rings. The van der Waals surface area contributed by atoms with E-state index in [0.29, 0.717) is 12.5 Å². The first kappa shape index (κ1) is 16.9. The van der Waals surface area contributed by atoms with Gasteiger partial charge in [-0.2, -0.15) is 0 Å². The lowest BCUT2D eigenvalue weighted by molar-refractivity contribution is -0.333. The third kappa shape index (κ3) is 3.04. The van der Waals surface area contributed by atoms with Gasteiger partial charge in [-0.25, -0.2) is 4.99 Å². The van der Waals surface area contributed by atoms with E-state index in [4.69, 9.17) is 28.7 Å². The van der Waals surface area contributed by atoms with Crippen LogP contribution in [0.15, 0.2) is 65.7 Å². The van der Waals surface area contributed by atoms with Crippen LogP contribution >= 0.6 is 0 Å². The van der Waals surface area contributed by atoms with Gasteiger partial charge in [0.15, 0.2) is 18.7 Å². The van der Waals surface area contributed by atoms with E-state index in [1.165, 1.54) is 0 Å². The molecule has 3 heterocycles. The molecule has 3 aliphatic heterocycles. The highest BCUT2D eigenvalue weighted by molar-refractivity contribution is 5.95. The number of methoxy groups -OCH3 is 1. The molecule has 2 aromatic carbocycles. The summed E-state index contributed by atoms with van der Waals surface area (Å²) in [4.78, 5) is 4.74. The summed E-state index contributed by atoms with van der Waals surface area (Å²) in [6.07, 6.45) is -1.76. The van der Waals surface area contributed by atoms with Crippen LogP contribution in [0, 0.1) is 0 Å². The molecule has 6 atom stereocenters. The molecule has 0 spiro atoms. The maximum Gasteiger partial charge on any atom is 0.217 e. The molecule has 5 rings (SSSR count). The van der Waals surface area contributed by atoms with Crippen LogP contribution in [0.2, 0.25) is 0 Å². The van der Waals surface area contributed by atoms with Crippen molar-refractivity contribution in [3.8, 4) is 0 Å². The lowest BCUT2D eigenvalue weighted by Crippen LogP contribution is -2.60. The van der Waals surface area contributed by atoms with Crippen molar-refractivity contribution in [2.24, 2.45) is 4.99 Å². The van der Waals surface area contributed by atoms with Crippen molar-refractivity contribution in [3.63, 3.8) is 0 Å². The first-order valence-electron chi connectivity index (χ1n) is 9.13. The van der Waals surface area contributed by atoms with Gasteiger partial charge in [-0.3, -0.25) is 0 Å². The van der Waals surface area contributed by atoms with Crippen LogP contribution in [0.5, 0.6) is 0 Å². The molecule has 2 aromatic rings. The molecule has 0 unspecified atom stereocenters. The molecule has 6 nitrogen and oxygen atoms in total. The number of ether oxygens (including phenoxy) is 5. The highest BCUT2D eigenvalue weighted by Gasteiger charge is 2.54. The van der Waals surface area contributed by atoms with Crippen molar-refractivity contribution in [1.29, 1.82) is 0 Å². The number of fused-ring (bicyclic) bond motifs is 3. The van der Waals surface area contributed by atoms with Crippen molar-refractivity contribution in [1.82, 2.24) is 0 Å². The van der Waals surface area contributed by atoms with Gasteiger partial charge in [0.2, 0.25) is 5.90 Å². The monoisotopic (exact) mass is 367 g/mol. The van der Waals surface area contributed by atoms with E-state index in [9.17, 15) is 0 Å². The fourth-order valence-electron chi connectivity index (χ4n) is 3.82. The van der Waals surface area contributed by atoms with Gasteiger partial charge in [0.05, 0.1) is 6.61 Å². The Morgan fingerprint density at radius 2 is 1.67 bits per heavy atom. The van der Waals surface area contributed by atoms with Gasteiger partial charge in [-0.05, 0) is 12.1 Å². The minimum atomic E-state index is -0.488. The highest BCUT2D eigenvalue weighted by Crippen LogP contribution is 2.39. The van der Waals surface area contributed by atoms with Crippen LogP contribution in [0.4, 0.5) is 0 Å². The molecular formula is C21H21NO5. The molecule has 0 radical (unpaired) electrons. The number of aliphatic imine (C=N–C) groups is 1. The largest absolute Gasteiger partial charge is 0.469 e. The van der Waals surface area contributed by atoms with Crippen LogP contribution in [0.1, 0.15) is 17.4 Å². The molecule has 6 heteroatoms. The average Bonchev–Trinajstić information content (AvgIpc) is 3.20. The summed E-state index contributed by atoms with van der Waals surface area (Å²) in [6.45, 7) is 0.414. The maximum atomic E-state index is 6.27. The summed E-state index contributed by atoms with van der Waals surface area (Å²) in [5, 5.41) is 0. The maximum absolute atomic E-state index is 6.27. The zero-order valence-corrected chi connectivity index (χ0v) is 14.9. The van der Waals surface area contributed by atoms with Crippen LogP contribution in [0.3, 0.4) is 0 Å². The minimum Gasteiger partial charge on any atom is -0.469 e. The molecule has 0 aromatic heterocycles. The second-order valence-electron chi connectivity index (χ2n) is 6.83. The van der Waals surface area contributed by atoms with Gasteiger partial charge in [0.25, 0.3) is 0 Å². The van der Waals surface area contributed by atoms with Crippen LogP contribution in [-0.2, 0) is 23.7 Å². The molecular weight excluding hydrogens is 346 g/mol. The molecule has 0 aliphatic carbocycles. The number of benzene rings is 2. The fraction of sp³-hybridized carbons (Fsp3) is 0.381. The van der Waals surface area contributed by atoms with Gasteiger partial charge in [-0.15, -0.1) is 0 Å². The van der Waals surface area contributed by atoms with Gasteiger partial charge in [-0.1, -0.05) is 48.5 Å². The Morgan fingerprint density at radius 1 is 0.926 bits per heavy atom. The van der Waals surface area contributed by atoms with E-state index in [-0.39, 0.29) is 24.4 Å². The lowest BCUT2D eigenvalue weighted by Gasteiger charge is -2.45. The Balaban J connectivity index is 1.41. The van der Waals surface area contributed by atoms with Crippen LogP contribution in [-0.4, -0.2) is 50.3 Å². The summed E-state index contributed by atoms with van der Waals surface area (Å²) in [7, 11) is 1.62. The van der Waals surface area contributed by atoms with Gasteiger partial charge in [0.1, 0.15) is 18.2 Å². The third-order valence-electron chi connectivity index (χ3n) is 5.15. The summed E-state index contributed by atoms with van der Waals surface area (Å²) >= 11 is 0. The standard InChI is InChI=1S/C21H21NO5/c1-23-21-16-18(26-19(22-16)13-8-4-2-5-9-13)17-15(25-21)12-24-20(27-17)14-10-6-3-7-11-14/h2-11,15-18,20-21H,12H2,1H3/t15-,16-,17-,18+,20-,21+/m0/s1. The Morgan fingerprint density at radius 3 is 2.41 bits per heavy atom. The minimum absolute atomic E-state index is 0.263. The Labute approximate surface area is 157 Å². The number of hydrogen-bond acceptors (Lipinski definition) is 6. The van der Waals surface area contributed by atoms with E-state index >= 15 is 0 Å². The van der Waals surface area contributed by atoms with E-state index in [1.54, 1.807) is 7.11 Å². The van der Waals surface area contributed by atoms with Crippen molar-refractivity contribution < 1.29 is 23.7 Å². The Hall–Kier alpha value is -2.25. The summed E-state index contributed by atoms with van der Waals surface area (Å²) in [6, 6.07) is 19.5. The van der Waals surface area contributed by atoms with E-state index in [1.807, 2.05) is 60.7 Å². The Bertz CT molecular complexity index is 812. The molecule has 0 saturated carbocycles. The average molecular weight is 367 g/mol. The molecule has 0 amide bonds. The fourth-order valence-corrected chi connectivity index (χ4v) is 3.82. The number of nitrogens with zero attached hydrogens (tertiary/aromatic N) is 1. The van der Waals surface area contributed by atoms with Crippen molar-refractivity contribution >= 4 is 5.90 Å². The first-order chi connectivity index (χ1) is 13.3. The normalized spacial score (nSPS) is 34.9. The van der Waals surface area contributed by atoms with Crippen molar-refractivity contribution in [3.05, 3.63) is 71.8 Å². The van der Waals surface area contributed by atoms with Gasteiger partial charge < -0.3 is 23.7 Å². The highest BCUT2D eigenvalue weighted by atomic mass is 16.7.